The lowest BCUT2D eigenvalue weighted by Crippen LogP contribution is -2.55. The van der Waals surface area contributed by atoms with E-state index < -0.39 is 0 Å². The molecule has 104 valence electrons. The minimum absolute atomic E-state index is 0.0191. The highest BCUT2D eigenvalue weighted by Crippen LogP contribution is 2.20. The molecule has 0 spiro atoms. The summed E-state index contributed by atoms with van der Waals surface area (Å²) in [5.74, 6) is 0.317. The van der Waals surface area contributed by atoms with Gasteiger partial charge in [0.05, 0.1) is 6.04 Å². The van der Waals surface area contributed by atoms with Gasteiger partial charge in [-0.1, -0.05) is 0 Å². The summed E-state index contributed by atoms with van der Waals surface area (Å²) in [6, 6.07) is 0.761. The van der Waals surface area contributed by atoms with Crippen molar-refractivity contribution in [2.45, 2.75) is 64.1 Å². The van der Waals surface area contributed by atoms with Crippen LogP contribution in [-0.4, -0.2) is 53.5 Å². The molecule has 2 aliphatic heterocycles. The summed E-state index contributed by atoms with van der Waals surface area (Å²) in [4.78, 5) is 16.9. The van der Waals surface area contributed by atoms with Crippen molar-refractivity contribution in [1.29, 1.82) is 0 Å². The molecule has 0 aromatic carbocycles. The molecule has 2 rings (SSSR count). The van der Waals surface area contributed by atoms with Crippen LogP contribution in [-0.2, 0) is 4.79 Å². The Morgan fingerprint density at radius 3 is 2.50 bits per heavy atom. The zero-order chi connectivity index (χ0) is 13.1. The molecule has 0 bridgehead atoms. The van der Waals surface area contributed by atoms with Crippen LogP contribution < -0.4 is 5.73 Å². The molecule has 0 saturated carbocycles. The highest BCUT2D eigenvalue weighted by Gasteiger charge is 2.32. The van der Waals surface area contributed by atoms with Gasteiger partial charge in [-0.15, -0.1) is 0 Å². The van der Waals surface area contributed by atoms with Crippen LogP contribution in [0.1, 0.15) is 46.0 Å². The van der Waals surface area contributed by atoms with Crippen molar-refractivity contribution in [3.63, 3.8) is 0 Å². The largest absolute Gasteiger partial charge is 0.341 e. The minimum atomic E-state index is 0.0191. The van der Waals surface area contributed by atoms with Gasteiger partial charge in [-0.25, -0.2) is 0 Å². The van der Waals surface area contributed by atoms with Crippen LogP contribution in [0.4, 0.5) is 0 Å². The summed E-state index contributed by atoms with van der Waals surface area (Å²) in [5.41, 5.74) is 5.98. The molecule has 0 aromatic rings. The molecule has 2 N–H and O–H groups in total. The summed E-state index contributed by atoms with van der Waals surface area (Å²) in [6.07, 6.45) is 5.63. The number of hydrogen-bond acceptors (Lipinski definition) is 3. The van der Waals surface area contributed by atoms with Gasteiger partial charge in [-0.2, -0.15) is 0 Å². The van der Waals surface area contributed by atoms with Gasteiger partial charge in [-0.05, 0) is 46.0 Å². The summed E-state index contributed by atoms with van der Waals surface area (Å²) in [7, 11) is 0. The van der Waals surface area contributed by atoms with E-state index >= 15 is 0 Å². The number of carbonyl (C=O) groups excluding carboxylic acids is 1. The van der Waals surface area contributed by atoms with E-state index in [1.165, 1.54) is 19.3 Å². The zero-order valence-electron chi connectivity index (χ0n) is 11.8. The average molecular weight is 253 g/mol. The predicted octanol–water partition coefficient (Wildman–Crippen LogP) is 1.20. The van der Waals surface area contributed by atoms with Crippen LogP contribution in [0.2, 0.25) is 0 Å². The van der Waals surface area contributed by atoms with Gasteiger partial charge in [0.2, 0.25) is 5.91 Å². The molecule has 2 heterocycles. The lowest BCUT2D eigenvalue weighted by Gasteiger charge is -2.41. The zero-order valence-corrected chi connectivity index (χ0v) is 11.8. The molecular weight excluding hydrogens is 226 g/mol. The van der Waals surface area contributed by atoms with E-state index in [1.54, 1.807) is 0 Å². The first-order valence-corrected chi connectivity index (χ1v) is 7.39. The summed E-state index contributed by atoms with van der Waals surface area (Å²) >= 11 is 0. The Balaban J connectivity index is 1.93. The highest BCUT2D eigenvalue weighted by molar-refractivity contribution is 5.81. The molecule has 2 fully saturated rings. The summed E-state index contributed by atoms with van der Waals surface area (Å²) < 4.78 is 0. The fourth-order valence-corrected chi connectivity index (χ4v) is 3.32. The van der Waals surface area contributed by atoms with Gasteiger partial charge >= 0.3 is 0 Å². The fourth-order valence-electron chi connectivity index (χ4n) is 3.32. The quantitative estimate of drug-likeness (QED) is 0.804. The maximum Gasteiger partial charge on any atom is 0.239 e. The van der Waals surface area contributed by atoms with Crippen LogP contribution in [0, 0.1) is 0 Å². The number of nitrogens with zero attached hydrogens (tertiary/aromatic N) is 2. The maximum atomic E-state index is 12.5. The molecule has 3 unspecified atom stereocenters. The van der Waals surface area contributed by atoms with Crippen molar-refractivity contribution in [3.05, 3.63) is 0 Å². The van der Waals surface area contributed by atoms with Crippen LogP contribution >= 0.6 is 0 Å². The number of likely N-dealkylation sites (tertiary alicyclic amines) is 2. The Hall–Kier alpha value is -0.610. The molecule has 0 aromatic heterocycles. The van der Waals surface area contributed by atoms with Crippen molar-refractivity contribution in [2.24, 2.45) is 5.73 Å². The first kappa shape index (κ1) is 13.8. The van der Waals surface area contributed by atoms with E-state index in [-0.39, 0.29) is 6.04 Å². The Bertz CT molecular complexity index is 289. The lowest BCUT2D eigenvalue weighted by molar-refractivity contribution is -0.138. The summed E-state index contributed by atoms with van der Waals surface area (Å²) in [5, 5.41) is 0. The van der Waals surface area contributed by atoms with Gasteiger partial charge in [-0.3, -0.25) is 9.69 Å². The Morgan fingerprint density at radius 1 is 1.22 bits per heavy atom. The van der Waals surface area contributed by atoms with Crippen molar-refractivity contribution in [1.82, 2.24) is 9.80 Å². The second kappa shape index (κ2) is 6.02. The third kappa shape index (κ3) is 3.04. The number of carbonyl (C=O) groups is 1. The predicted molar refractivity (Wildman–Crippen MR) is 73.3 cm³/mol. The van der Waals surface area contributed by atoms with E-state index in [4.69, 9.17) is 5.73 Å². The van der Waals surface area contributed by atoms with Crippen molar-refractivity contribution < 1.29 is 4.79 Å². The molecule has 4 heteroatoms. The molecule has 2 saturated heterocycles. The number of amides is 1. The van der Waals surface area contributed by atoms with E-state index in [0.29, 0.717) is 18.0 Å². The van der Waals surface area contributed by atoms with Crippen LogP contribution in [0.3, 0.4) is 0 Å². The van der Waals surface area contributed by atoms with E-state index in [9.17, 15) is 4.79 Å². The normalized spacial score (nSPS) is 32.3. The highest BCUT2D eigenvalue weighted by atomic mass is 16.2. The van der Waals surface area contributed by atoms with Crippen molar-refractivity contribution in [3.8, 4) is 0 Å². The Labute approximate surface area is 110 Å². The standard InChI is InChI=1S/C14H27N3O/c1-11-10-13(15)6-9-17(11)12(2)14(18)16-7-4-3-5-8-16/h11-13H,3-10,15H2,1-2H3. The number of nitrogens with two attached hydrogens (primary N) is 1. The van der Waals surface area contributed by atoms with Crippen LogP contribution in [0.5, 0.6) is 0 Å². The first-order valence-electron chi connectivity index (χ1n) is 7.39. The van der Waals surface area contributed by atoms with Gasteiger partial charge < -0.3 is 10.6 Å². The molecule has 3 atom stereocenters. The monoisotopic (exact) mass is 253 g/mol. The van der Waals surface area contributed by atoms with E-state index in [1.807, 2.05) is 0 Å². The van der Waals surface area contributed by atoms with Crippen LogP contribution in [0.25, 0.3) is 0 Å². The first-order chi connectivity index (χ1) is 8.59. The topological polar surface area (TPSA) is 49.6 Å². The second-order valence-electron chi connectivity index (χ2n) is 5.93. The van der Waals surface area contributed by atoms with Gasteiger partial charge in [0.25, 0.3) is 0 Å². The Kier molecular flexibility index (Phi) is 4.62. The maximum absolute atomic E-state index is 12.5. The van der Waals surface area contributed by atoms with Crippen molar-refractivity contribution in [2.75, 3.05) is 19.6 Å². The Morgan fingerprint density at radius 2 is 1.89 bits per heavy atom. The third-order valence-electron chi connectivity index (χ3n) is 4.49. The summed E-state index contributed by atoms with van der Waals surface area (Å²) in [6.45, 7) is 7.11. The van der Waals surface area contributed by atoms with Gasteiger partial charge in [0.1, 0.15) is 0 Å². The second-order valence-corrected chi connectivity index (χ2v) is 5.93. The van der Waals surface area contributed by atoms with Gasteiger partial charge in [0, 0.05) is 31.7 Å². The molecule has 0 radical (unpaired) electrons. The fraction of sp³-hybridized carbons (Fsp3) is 0.929. The molecule has 2 aliphatic rings. The number of rotatable bonds is 2. The molecule has 4 nitrogen and oxygen atoms in total. The van der Waals surface area contributed by atoms with Crippen molar-refractivity contribution >= 4 is 5.91 Å². The van der Waals surface area contributed by atoms with Crippen LogP contribution in [0.15, 0.2) is 0 Å². The van der Waals surface area contributed by atoms with E-state index in [0.717, 1.165) is 32.5 Å². The molecule has 18 heavy (non-hydrogen) atoms. The number of hydrogen-bond donors (Lipinski definition) is 1. The molecular formula is C14H27N3O. The lowest BCUT2D eigenvalue weighted by atomic mass is 9.97. The minimum Gasteiger partial charge on any atom is -0.341 e. The SMILES string of the molecule is CC1CC(N)CCN1C(C)C(=O)N1CCCCC1. The smallest absolute Gasteiger partial charge is 0.239 e. The molecule has 0 aliphatic carbocycles. The molecule has 1 amide bonds. The number of piperidine rings is 2. The average Bonchev–Trinajstić information content (AvgIpc) is 2.38. The van der Waals surface area contributed by atoms with Gasteiger partial charge in [0.15, 0.2) is 0 Å². The van der Waals surface area contributed by atoms with E-state index in [2.05, 4.69) is 23.6 Å². The third-order valence-corrected chi connectivity index (χ3v) is 4.49.